The Morgan fingerprint density at radius 1 is 1.42 bits per heavy atom. The van der Waals surface area contributed by atoms with Crippen molar-refractivity contribution in [3.63, 3.8) is 0 Å². The van der Waals surface area contributed by atoms with Crippen molar-refractivity contribution in [2.24, 2.45) is 0 Å². The van der Waals surface area contributed by atoms with Crippen molar-refractivity contribution in [1.29, 1.82) is 0 Å². The first-order chi connectivity index (χ1) is 5.49. The molecule has 68 valence electrons. The molecule has 0 aromatic carbocycles. The molecule has 1 unspecified atom stereocenters. The van der Waals surface area contributed by atoms with Crippen molar-refractivity contribution in [2.45, 2.75) is 39.4 Å². The van der Waals surface area contributed by atoms with E-state index in [1.165, 1.54) is 0 Å². The minimum absolute atomic E-state index is 0.0788. The molecule has 0 saturated heterocycles. The van der Waals surface area contributed by atoms with E-state index in [0.29, 0.717) is 0 Å². The van der Waals surface area contributed by atoms with E-state index in [2.05, 4.69) is 32.7 Å². The Bertz CT molecular complexity index is 220. The molecule has 0 radical (unpaired) electrons. The Hall–Kier alpha value is -0.760. The highest BCUT2D eigenvalue weighted by molar-refractivity contribution is 5.06. The summed E-state index contributed by atoms with van der Waals surface area (Å²) in [6.45, 7) is 8.24. The van der Waals surface area contributed by atoms with Gasteiger partial charge in [0.15, 0.2) is 0 Å². The van der Waals surface area contributed by atoms with E-state index in [0.717, 1.165) is 5.69 Å². The van der Waals surface area contributed by atoms with Crippen molar-refractivity contribution < 1.29 is 4.74 Å². The fourth-order valence-electron chi connectivity index (χ4n) is 1.19. The Balaban J connectivity index is 2.56. The molecule has 2 nitrogen and oxygen atoms in total. The van der Waals surface area contributed by atoms with Crippen LogP contribution in [0.25, 0.3) is 0 Å². The highest BCUT2D eigenvalue weighted by atomic mass is 16.5. The maximum Gasteiger partial charge on any atom is 0.0951 e. The Morgan fingerprint density at radius 3 is 2.50 bits per heavy atom. The molecule has 0 fully saturated rings. The van der Waals surface area contributed by atoms with E-state index in [-0.39, 0.29) is 11.7 Å². The Labute approximate surface area is 73.9 Å². The Kier molecular flexibility index (Phi) is 2.58. The maximum absolute atomic E-state index is 5.75. The van der Waals surface area contributed by atoms with E-state index in [1.54, 1.807) is 0 Å². The minimum atomic E-state index is -0.0788. The molecule has 1 atom stereocenters. The maximum atomic E-state index is 5.75. The van der Waals surface area contributed by atoms with Crippen LogP contribution in [-0.2, 0) is 4.74 Å². The second kappa shape index (κ2) is 3.31. The van der Waals surface area contributed by atoms with Gasteiger partial charge in [0.25, 0.3) is 0 Å². The summed E-state index contributed by atoms with van der Waals surface area (Å²) < 4.78 is 5.75. The number of nitrogens with one attached hydrogen (secondary N) is 1. The topological polar surface area (TPSA) is 25.0 Å². The van der Waals surface area contributed by atoms with E-state index in [4.69, 9.17) is 4.74 Å². The van der Waals surface area contributed by atoms with Gasteiger partial charge in [-0.3, -0.25) is 0 Å². The van der Waals surface area contributed by atoms with Crippen molar-refractivity contribution in [3.8, 4) is 0 Å². The summed E-state index contributed by atoms with van der Waals surface area (Å²) in [6.07, 6.45) is 2.05. The van der Waals surface area contributed by atoms with Crippen molar-refractivity contribution in [1.82, 2.24) is 4.98 Å². The van der Waals surface area contributed by atoms with E-state index < -0.39 is 0 Å². The van der Waals surface area contributed by atoms with Crippen LogP contribution in [0.4, 0.5) is 0 Å². The standard InChI is InChI=1S/C10H17NO/c1-8(12-10(2,3)4)9-6-5-7-11-9/h5-8,11H,1-4H3. The molecule has 12 heavy (non-hydrogen) atoms. The zero-order valence-corrected chi connectivity index (χ0v) is 8.22. The fraction of sp³-hybridized carbons (Fsp3) is 0.600. The normalized spacial score (nSPS) is 14.7. The average molecular weight is 167 g/mol. The molecular weight excluding hydrogens is 150 g/mol. The van der Waals surface area contributed by atoms with Crippen LogP contribution in [0.1, 0.15) is 39.5 Å². The van der Waals surface area contributed by atoms with E-state index in [1.807, 2.05) is 18.3 Å². The summed E-state index contributed by atoms with van der Waals surface area (Å²) in [5.41, 5.74) is 1.05. The van der Waals surface area contributed by atoms with Gasteiger partial charge in [-0.05, 0) is 39.8 Å². The molecule has 1 aromatic heterocycles. The zero-order valence-electron chi connectivity index (χ0n) is 8.22. The van der Waals surface area contributed by atoms with Crippen LogP contribution in [0.15, 0.2) is 18.3 Å². The Morgan fingerprint density at radius 2 is 2.08 bits per heavy atom. The van der Waals surface area contributed by atoms with Gasteiger partial charge in [-0.2, -0.15) is 0 Å². The molecule has 0 aliphatic carbocycles. The smallest absolute Gasteiger partial charge is 0.0951 e. The van der Waals surface area contributed by atoms with Crippen molar-refractivity contribution in [3.05, 3.63) is 24.0 Å². The lowest BCUT2D eigenvalue weighted by atomic mass is 10.1. The number of H-pyrrole nitrogens is 1. The van der Waals surface area contributed by atoms with Gasteiger partial charge < -0.3 is 9.72 Å². The lowest BCUT2D eigenvalue weighted by Crippen LogP contribution is -2.21. The molecule has 0 bridgehead atoms. The number of ether oxygens (including phenoxy) is 1. The molecular formula is C10H17NO. The van der Waals surface area contributed by atoms with Gasteiger partial charge in [0.2, 0.25) is 0 Å². The third-order valence-electron chi connectivity index (χ3n) is 1.59. The summed E-state index contributed by atoms with van der Waals surface area (Å²) in [4.78, 5) is 3.13. The number of aromatic amines is 1. The van der Waals surface area contributed by atoms with Crippen molar-refractivity contribution >= 4 is 0 Å². The molecule has 0 saturated carbocycles. The van der Waals surface area contributed by atoms with Gasteiger partial charge in [-0.25, -0.2) is 0 Å². The number of rotatable bonds is 2. The van der Waals surface area contributed by atoms with Gasteiger partial charge in [-0.15, -0.1) is 0 Å². The zero-order chi connectivity index (χ0) is 9.19. The monoisotopic (exact) mass is 167 g/mol. The third kappa shape index (κ3) is 2.70. The van der Waals surface area contributed by atoms with Crippen molar-refractivity contribution in [2.75, 3.05) is 0 Å². The molecule has 0 spiro atoms. The van der Waals surface area contributed by atoms with Crippen LogP contribution >= 0.6 is 0 Å². The first kappa shape index (κ1) is 9.33. The quantitative estimate of drug-likeness (QED) is 0.719. The SMILES string of the molecule is CC(OC(C)(C)C)c1ccc[nH]1. The first-order valence-electron chi connectivity index (χ1n) is 4.30. The second-order valence-electron chi connectivity index (χ2n) is 4.00. The molecule has 0 aliphatic rings. The van der Waals surface area contributed by atoms with Crippen LogP contribution in [-0.4, -0.2) is 10.6 Å². The summed E-state index contributed by atoms with van der Waals surface area (Å²) in [7, 11) is 0. The molecule has 1 aromatic rings. The number of aromatic nitrogens is 1. The molecule has 2 heteroatoms. The molecule has 1 N–H and O–H groups in total. The van der Waals surface area contributed by atoms with E-state index >= 15 is 0 Å². The highest BCUT2D eigenvalue weighted by Gasteiger charge is 2.16. The largest absolute Gasteiger partial charge is 0.367 e. The number of hydrogen-bond acceptors (Lipinski definition) is 1. The fourth-order valence-corrected chi connectivity index (χ4v) is 1.19. The van der Waals surface area contributed by atoms with Crippen LogP contribution < -0.4 is 0 Å². The number of hydrogen-bond donors (Lipinski definition) is 1. The molecule has 1 rings (SSSR count). The predicted octanol–water partition coefficient (Wildman–Crippen LogP) is 2.89. The summed E-state index contributed by atoms with van der Waals surface area (Å²) >= 11 is 0. The summed E-state index contributed by atoms with van der Waals surface area (Å²) in [6, 6.07) is 4.02. The molecule has 1 heterocycles. The average Bonchev–Trinajstić information content (AvgIpc) is 2.32. The lowest BCUT2D eigenvalue weighted by molar-refractivity contribution is -0.0545. The van der Waals surface area contributed by atoms with Crippen LogP contribution in [0.5, 0.6) is 0 Å². The predicted molar refractivity (Wildman–Crippen MR) is 50.0 cm³/mol. The van der Waals surface area contributed by atoms with Crippen LogP contribution in [0, 0.1) is 0 Å². The summed E-state index contributed by atoms with van der Waals surface area (Å²) in [5, 5.41) is 0. The van der Waals surface area contributed by atoms with Crippen LogP contribution in [0.3, 0.4) is 0 Å². The molecule has 0 amide bonds. The first-order valence-corrected chi connectivity index (χ1v) is 4.30. The van der Waals surface area contributed by atoms with Gasteiger partial charge in [0, 0.05) is 11.9 Å². The highest BCUT2D eigenvalue weighted by Crippen LogP contribution is 2.21. The lowest BCUT2D eigenvalue weighted by Gasteiger charge is -2.24. The van der Waals surface area contributed by atoms with Gasteiger partial charge in [0.1, 0.15) is 0 Å². The van der Waals surface area contributed by atoms with Gasteiger partial charge >= 0.3 is 0 Å². The third-order valence-corrected chi connectivity index (χ3v) is 1.59. The molecule has 0 aliphatic heterocycles. The van der Waals surface area contributed by atoms with Gasteiger partial charge in [0.05, 0.1) is 11.7 Å². The summed E-state index contributed by atoms with van der Waals surface area (Å²) in [5.74, 6) is 0. The van der Waals surface area contributed by atoms with E-state index in [9.17, 15) is 0 Å². The van der Waals surface area contributed by atoms with Gasteiger partial charge in [-0.1, -0.05) is 0 Å². The minimum Gasteiger partial charge on any atom is -0.367 e. The van der Waals surface area contributed by atoms with Crippen LogP contribution in [0.2, 0.25) is 0 Å². The second-order valence-corrected chi connectivity index (χ2v) is 4.00.